The van der Waals surface area contributed by atoms with Crippen molar-refractivity contribution in [2.45, 2.75) is 59.4 Å². The molecule has 0 radical (unpaired) electrons. The maximum atomic E-state index is 12.2. The number of rotatable bonds is 9. The van der Waals surface area contributed by atoms with Crippen LogP contribution < -0.4 is 5.32 Å². The fourth-order valence-electron chi connectivity index (χ4n) is 2.32. The molecule has 2 N–H and O–H groups in total. The summed E-state index contributed by atoms with van der Waals surface area (Å²) in [5.74, 6) is -0.862. The Morgan fingerprint density at radius 3 is 2.57 bits per heavy atom. The maximum Gasteiger partial charge on any atom is 0.303 e. The third-order valence-corrected chi connectivity index (χ3v) is 3.40. The number of unbranched alkanes of at least 4 members (excludes halogenated alkanes) is 2. The average Bonchev–Trinajstić information content (AvgIpc) is 2.68. The summed E-state index contributed by atoms with van der Waals surface area (Å²) < 4.78 is 1.87. The van der Waals surface area contributed by atoms with Crippen LogP contribution in [0.4, 0.5) is 0 Å². The fraction of sp³-hybridized carbons (Fsp3) is 0.667. The van der Waals surface area contributed by atoms with Crippen LogP contribution in [0.3, 0.4) is 0 Å². The molecule has 1 heterocycles. The number of aromatic nitrogens is 2. The van der Waals surface area contributed by atoms with Gasteiger partial charge in [-0.25, -0.2) is 0 Å². The Morgan fingerprint density at radius 1 is 1.24 bits per heavy atom. The monoisotopic (exact) mass is 295 g/mol. The van der Waals surface area contributed by atoms with E-state index in [1.54, 1.807) is 0 Å². The highest BCUT2D eigenvalue weighted by Gasteiger charge is 2.17. The zero-order valence-corrected chi connectivity index (χ0v) is 13.1. The molecular formula is C15H25N3O3. The third-order valence-electron chi connectivity index (χ3n) is 3.40. The van der Waals surface area contributed by atoms with Gasteiger partial charge in [-0.15, -0.1) is 0 Å². The second-order valence-corrected chi connectivity index (χ2v) is 5.23. The summed E-state index contributed by atoms with van der Waals surface area (Å²) >= 11 is 0. The van der Waals surface area contributed by atoms with Crippen molar-refractivity contribution >= 4 is 11.9 Å². The molecule has 118 valence electrons. The molecule has 1 amide bonds. The largest absolute Gasteiger partial charge is 0.481 e. The average molecular weight is 295 g/mol. The molecule has 0 aliphatic rings. The Morgan fingerprint density at radius 2 is 1.95 bits per heavy atom. The second-order valence-electron chi connectivity index (χ2n) is 5.23. The summed E-state index contributed by atoms with van der Waals surface area (Å²) in [5.41, 5.74) is 2.32. The number of nitrogens with zero attached hydrogens (tertiary/aromatic N) is 2. The van der Waals surface area contributed by atoms with E-state index in [1.165, 1.54) is 0 Å². The minimum absolute atomic E-state index is 0.0920. The Labute approximate surface area is 125 Å². The van der Waals surface area contributed by atoms with E-state index >= 15 is 0 Å². The van der Waals surface area contributed by atoms with E-state index in [1.807, 2.05) is 18.5 Å². The third kappa shape index (κ3) is 5.21. The zero-order chi connectivity index (χ0) is 15.8. The molecule has 6 nitrogen and oxygen atoms in total. The molecule has 0 aliphatic heterocycles. The molecule has 0 aromatic carbocycles. The van der Waals surface area contributed by atoms with E-state index < -0.39 is 5.97 Å². The number of aryl methyl sites for hydroxylation is 2. The summed E-state index contributed by atoms with van der Waals surface area (Å²) in [6, 6.07) is 0. The van der Waals surface area contributed by atoms with Crippen LogP contribution in [0.1, 0.15) is 60.8 Å². The number of aliphatic carboxylic acids is 1. The molecule has 0 bridgehead atoms. The number of carboxylic acid groups (broad SMARTS) is 1. The van der Waals surface area contributed by atoms with Crippen molar-refractivity contribution in [1.29, 1.82) is 0 Å². The molecule has 1 aromatic heterocycles. The Kier molecular flexibility index (Phi) is 6.91. The SMILES string of the molecule is CCCn1nc(C)c(C(=O)NCCCCCC(=O)O)c1C. The van der Waals surface area contributed by atoms with Gasteiger partial charge in [0.05, 0.1) is 11.3 Å². The lowest BCUT2D eigenvalue weighted by atomic mass is 10.1. The summed E-state index contributed by atoms with van der Waals surface area (Å²) in [7, 11) is 0. The van der Waals surface area contributed by atoms with Gasteiger partial charge in [-0.2, -0.15) is 5.10 Å². The molecule has 6 heteroatoms. The summed E-state index contributed by atoms with van der Waals surface area (Å²) in [5, 5.41) is 15.8. The Balaban J connectivity index is 2.43. The molecule has 21 heavy (non-hydrogen) atoms. The number of hydrogen-bond acceptors (Lipinski definition) is 3. The van der Waals surface area contributed by atoms with Gasteiger partial charge in [-0.3, -0.25) is 14.3 Å². The van der Waals surface area contributed by atoms with Crippen molar-refractivity contribution in [3.05, 3.63) is 17.0 Å². The molecule has 0 atom stereocenters. The molecular weight excluding hydrogens is 270 g/mol. The van der Waals surface area contributed by atoms with Gasteiger partial charge in [0.15, 0.2) is 0 Å². The van der Waals surface area contributed by atoms with Crippen molar-refractivity contribution in [3.8, 4) is 0 Å². The van der Waals surface area contributed by atoms with E-state index in [2.05, 4.69) is 17.3 Å². The normalized spacial score (nSPS) is 10.6. The number of nitrogens with one attached hydrogen (secondary N) is 1. The maximum absolute atomic E-state index is 12.2. The molecule has 0 spiro atoms. The van der Waals surface area contributed by atoms with Crippen molar-refractivity contribution in [1.82, 2.24) is 15.1 Å². The van der Waals surface area contributed by atoms with Crippen molar-refractivity contribution < 1.29 is 14.7 Å². The minimum atomic E-state index is -0.770. The van der Waals surface area contributed by atoms with Gasteiger partial charge < -0.3 is 10.4 Å². The van der Waals surface area contributed by atoms with E-state index in [-0.39, 0.29) is 12.3 Å². The first-order chi connectivity index (χ1) is 9.97. The van der Waals surface area contributed by atoms with Gasteiger partial charge >= 0.3 is 5.97 Å². The van der Waals surface area contributed by atoms with Crippen LogP contribution >= 0.6 is 0 Å². The molecule has 0 saturated heterocycles. The van der Waals surface area contributed by atoms with E-state index in [4.69, 9.17) is 5.11 Å². The number of carboxylic acids is 1. The van der Waals surface area contributed by atoms with Crippen LogP contribution in [0.2, 0.25) is 0 Å². The highest BCUT2D eigenvalue weighted by atomic mass is 16.4. The van der Waals surface area contributed by atoms with Crippen LogP contribution in [-0.4, -0.2) is 33.3 Å². The Hall–Kier alpha value is -1.85. The first kappa shape index (κ1) is 17.2. The molecule has 0 unspecified atom stereocenters. The van der Waals surface area contributed by atoms with Gasteiger partial charge in [0.2, 0.25) is 0 Å². The lowest BCUT2D eigenvalue weighted by Gasteiger charge is -2.06. The highest BCUT2D eigenvalue weighted by molar-refractivity contribution is 5.96. The number of carbonyl (C=O) groups is 2. The summed E-state index contributed by atoms with van der Waals surface area (Å²) in [6.07, 6.45) is 3.42. The highest BCUT2D eigenvalue weighted by Crippen LogP contribution is 2.13. The van der Waals surface area contributed by atoms with Crippen molar-refractivity contribution in [2.75, 3.05) is 6.54 Å². The van der Waals surface area contributed by atoms with Crippen LogP contribution in [-0.2, 0) is 11.3 Å². The first-order valence-electron chi connectivity index (χ1n) is 7.51. The van der Waals surface area contributed by atoms with Gasteiger partial charge in [-0.05, 0) is 33.1 Å². The minimum Gasteiger partial charge on any atom is -0.481 e. The molecule has 0 aliphatic carbocycles. The number of carbonyl (C=O) groups excluding carboxylic acids is 1. The lowest BCUT2D eigenvalue weighted by molar-refractivity contribution is -0.137. The Bertz CT molecular complexity index is 495. The van der Waals surface area contributed by atoms with Gasteiger partial charge in [-0.1, -0.05) is 13.3 Å². The predicted molar refractivity (Wildman–Crippen MR) is 80.4 cm³/mol. The van der Waals surface area contributed by atoms with Crippen LogP contribution in [0, 0.1) is 13.8 Å². The van der Waals surface area contributed by atoms with Crippen molar-refractivity contribution in [3.63, 3.8) is 0 Å². The quantitative estimate of drug-likeness (QED) is 0.685. The smallest absolute Gasteiger partial charge is 0.303 e. The van der Waals surface area contributed by atoms with Gasteiger partial charge in [0.25, 0.3) is 5.91 Å². The predicted octanol–water partition coefficient (Wildman–Crippen LogP) is 2.28. The lowest BCUT2D eigenvalue weighted by Crippen LogP contribution is -2.25. The fourth-order valence-corrected chi connectivity index (χ4v) is 2.32. The van der Waals surface area contributed by atoms with E-state index in [0.717, 1.165) is 37.2 Å². The molecule has 0 fully saturated rings. The van der Waals surface area contributed by atoms with Crippen LogP contribution in [0.5, 0.6) is 0 Å². The van der Waals surface area contributed by atoms with Crippen LogP contribution in [0.15, 0.2) is 0 Å². The number of amides is 1. The first-order valence-corrected chi connectivity index (χ1v) is 7.51. The standard InChI is InChI=1S/C15H25N3O3/c1-4-10-18-12(3)14(11(2)17-18)15(21)16-9-7-5-6-8-13(19)20/h4-10H2,1-3H3,(H,16,21)(H,19,20). The zero-order valence-electron chi connectivity index (χ0n) is 13.1. The van der Waals surface area contributed by atoms with E-state index in [9.17, 15) is 9.59 Å². The second kappa shape index (κ2) is 8.44. The summed E-state index contributed by atoms with van der Waals surface area (Å²) in [4.78, 5) is 22.6. The van der Waals surface area contributed by atoms with Crippen molar-refractivity contribution in [2.24, 2.45) is 0 Å². The van der Waals surface area contributed by atoms with Gasteiger partial charge in [0, 0.05) is 25.2 Å². The summed E-state index contributed by atoms with van der Waals surface area (Å²) in [6.45, 7) is 7.22. The van der Waals surface area contributed by atoms with E-state index in [0.29, 0.717) is 18.5 Å². The number of hydrogen-bond donors (Lipinski definition) is 2. The van der Waals surface area contributed by atoms with Crippen LogP contribution in [0.25, 0.3) is 0 Å². The topological polar surface area (TPSA) is 84.2 Å². The molecule has 0 saturated carbocycles. The molecule has 1 aromatic rings. The van der Waals surface area contributed by atoms with Gasteiger partial charge in [0.1, 0.15) is 0 Å². The molecule has 1 rings (SSSR count).